The molecule has 0 aromatic heterocycles. The van der Waals surface area contributed by atoms with Gasteiger partial charge in [-0.2, -0.15) is 0 Å². The second-order valence-electron chi connectivity index (χ2n) is 3.60. The molecule has 4 heteroatoms. The van der Waals surface area contributed by atoms with Crippen molar-refractivity contribution in [2.24, 2.45) is 0 Å². The van der Waals surface area contributed by atoms with Crippen molar-refractivity contribution in [3.8, 4) is 17.2 Å². The molecule has 0 fully saturated rings. The van der Waals surface area contributed by atoms with Crippen LogP contribution in [0.25, 0.3) is 0 Å². The van der Waals surface area contributed by atoms with Gasteiger partial charge in [-0.1, -0.05) is 0 Å². The summed E-state index contributed by atoms with van der Waals surface area (Å²) in [5.41, 5.74) is 1.12. The normalized spacial score (nSPS) is 10.1. The average Bonchev–Trinajstić information content (AvgIpc) is 2.36. The van der Waals surface area contributed by atoms with E-state index in [1.165, 1.54) is 0 Å². The Labute approximate surface area is 103 Å². The molecule has 1 rings (SSSR count). The van der Waals surface area contributed by atoms with E-state index in [2.05, 4.69) is 5.32 Å². The number of hydrogen-bond acceptors (Lipinski definition) is 4. The van der Waals surface area contributed by atoms with Gasteiger partial charge >= 0.3 is 0 Å². The third-order valence-corrected chi connectivity index (χ3v) is 2.51. The summed E-state index contributed by atoms with van der Waals surface area (Å²) < 4.78 is 16.2. The first-order chi connectivity index (χ1) is 8.26. The maximum atomic E-state index is 5.55. The van der Waals surface area contributed by atoms with Crippen LogP contribution in [0.2, 0.25) is 0 Å². The van der Waals surface area contributed by atoms with Crippen LogP contribution in [-0.2, 0) is 6.42 Å². The van der Waals surface area contributed by atoms with Crippen molar-refractivity contribution in [1.29, 1.82) is 0 Å². The molecule has 4 nitrogen and oxygen atoms in total. The van der Waals surface area contributed by atoms with Gasteiger partial charge in [0.1, 0.15) is 5.75 Å². The van der Waals surface area contributed by atoms with Gasteiger partial charge in [-0.15, -0.1) is 0 Å². The molecule has 0 aliphatic rings. The Bertz CT molecular complexity index is 353. The highest BCUT2D eigenvalue weighted by molar-refractivity contribution is 5.50. The quantitative estimate of drug-likeness (QED) is 0.788. The summed E-state index contributed by atoms with van der Waals surface area (Å²) in [6.07, 6.45) is 0.893. The fourth-order valence-corrected chi connectivity index (χ4v) is 1.66. The Morgan fingerprint density at radius 3 is 2.29 bits per heavy atom. The largest absolute Gasteiger partial charge is 0.496 e. The zero-order valence-corrected chi connectivity index (χ0v) is 11.0. The lowest BCUT2D eigenvalue weighted by atomic mass is 10.1. The molecule has 0 saturated carbocycles. The van der Waals surface area contributed by atoms with E-state index in [1.54, 1.807) is 14.2 Å². The van der Waals surface area contributed by atoms with Gasteiger partial charge in [0, 0.05) is 6.07 Å². The van der Waals surface area contributed by atoms with Gasteiger partial charge in [0.25, 0.3) is 0 Å². The van der Waals surface area contributed by atoms with Gasteiger partial charge in [-0.25, -0.2) is 0 Å². The summed E-state index contributed by atoms with van der Waals surface area (Å²) in [5, 5.41) is 3.12. The molecule has 0 atom stereocenters. The van der Waals surface area contributed by atoms with Crippen molar-refractivity contribution >= 4 is 0 Å². The predicted molar refractivity (Wildman–Crippen MR) is 68.3 cm³/mol. The summed E-state index contributed by atoms with van der Waals surface area (Å²) in [6.45, 7) is 3.47. The molecular weight excluding hydrogens is 218 g/mol. The monoisotopic (exact) mass is 239 g/mol. The number of nitrogens with one attached hydrogen (secondary N) is 1. The van der Waals surface area contributed by atoms with Crippen LogP contribution in [0.15, 0.2) is 12.1 Å². The average molecular weight is 239 g/mol. The Balaban J connectivity index is 3.04. The van der Waals surface area contributed by atoms with Crippen LogP contribution >= 0.6 is 0 Å². The van der Waals surface area contributed by atoms with E-state index in [-0.39, 0.29) is 0 Å². The van der Waals surface area contributed by atoms with Crippen LogP contribution < -0.4 is 19.5 Å². The minimum atomic E-state index is 0.619. The summed E-state index contributed by atoms with van der Waals surface area (Å²) in [7, 11) is 5.22. The van der Waals surface area contributed by atoms with E-state index >= 15 is 0 Å². The van der Waals surface area contributed by atoms with E-state index in [0.29, 0.717) is 12.4 Å². The molecule has 96 valence electrons. The van der Waals surface area contributed by atoms with Crippen molar-refractivity contribution < 1.29 is 14.2 Å². The smallest absolute Gasteiger partial charge is 0.164 e. The minimum Gasteiger partial charge on any atom is -0.496 e. The number of rotatable bonds is 7. The zero-order chi connectivity index (χ0) is 12.7. The molecule has 17 heavy (non-hydrogen) atoms. The summed E-state index contributed by atoms with van der Waals surface area (Å²) in [5.74, 6) is 2.30. The second kappa shape index (κ2) is 7.01. The number of hydrogen-bond donors (Lipinski definition) is 1. The Hall–Kier alpha value is -1.42. The molecule has 0 aliphatic heterocycles. The van der Waals surface area contributed by atoms with Crippen molar-refractivity contribution in [3.63, 3.8) is 0 Å². The first-order valence-electron chi connectivity index (χ1n) is 5.79. The van der Waals surface area contributed by atoms with Crippen LogP contribution in [0.5, 0.6) is 17.2 Å². The summed E-state index contributed by atoms with van der Waals surface area (Å²) in [6, 6.07) is 3.86. The number of likely N-dealkylation sites (N-methyl/N-ethyl adjacent to an activating group) is 1. The molecule has 1 N–H and O–H groups in total. The Morgan fingerprint density at radius 2 is 1.76 bits per heavy atom. The zero-order valence-electron chi connectivity index (χ0n) is 11.0. The van der Waals surface area contributed by atoms with Gasteiger partial charge < -0.3 is 19.5 Å². The first-order valence-corrected chi connectivity index (χ1v) is 5.79. The fourth-order valence-electron chi connectivity index (χ4n) is 1.66. The lowest BCUT2D eigenvalue weighted by molar-refractivity contribution is 0.307. The fraction of sp³-hybridized carbons (Fsp3) is 0.538. The Kier molecular flexibility index (Phi) is 5.63. The third-order valence-electron chi connectivity index (χ3n) is 2.51. The molecule has 0 radical (unpaired) electrons. The van der Waals surface area contributed by atoms with Crippen LogP contribution in [0.4, 0.5) is 0 Å². The molecule has 1 aromatic carbocycles. The SMILES string of the molecule is CCOc1cc(CCNC)c(OC)cc1OC. The standard InChI is InChI=1S/C13H21NO3/c1-5-17-13-8-10(6-7-14-2)11(15-3)9-12(13)16-4/h8-9,14H,5-7H2,1-4H3. The van der Waals surface area contributed by atoms with Crippen molar-refractivity contribution in [1.82, 2.24) is 5.32 Å². The molecule has 1 aromatic rings. The van der Waals surface area contributed by atoms with Gasteiger partial charge in [0.2, 0.25) is 0 Å². The van der Waals surface area contributed by atoms with Crippen molar-refractivity contribution in [2.75, 3.05) is 34.4 Å². The van der Waals surface area contributed by atoms with Gasteiger partial charge in [-0.3, -0.25) is 0 Å². The third kappa shape index (κ3) is 3.53. The van der Waals surface area contributed by atoms with Crippen LogP contribution in [0.1, 0.15) is 12.5 Å². The van der Waals surface area contributed by atoms with E-state index in [4.69, 9.17) is 14.2 Å². The van der Waals surface area contributed by atoms with Gasteiger partial charge in [0.15, 0.2) is 11.5 Å². The van der Waals surface area contributed by atoms with Crippen molar-refractivity contribution in [3.05, 3.63) is 17.7 Å². The lowest BCUT2D eigenvalue weighted by Crippen LogP contribution is -2.11. The lowest BCUT2D eigenvalue weighted by Gasteiger charge is -2.14. The maximum absolute atomic E-state index is 5.55. The molecule has 0 heterocycles. The van der Waals surface area contributed by atoms with Gasteiger partial charge in [0.05, 0.1) is 20.8 Å². The summed E-state index contributed by atoms with van der Waals surface area (Å²) in [4.78, 5) is 0. The maximum Gasteiger partial charge on any atom is 0.164 e. The van der Waals surface area contributed by atoms with Crippen LogP contribution in [0.3, 0.4) is 0 Å². The molecule has 0 aliphatic carbocycles. The van der Waals surface area contributed by atoms with Crippen LogP contribution in [-0.4, -0.2) is 34.4 Å². The highest BCUT2D eigenvalue weighted by Gasteiger charge is 2.11. The van der Waals surface area contributed by atoms with E-state index < -0.39 is 0 Å². The van der Waals surface area contributed by atoms with Crippen LogP contribution in [0, 0.1) is 0 Å². The number of methoxy groups -OCH3 is 2. The van der Waals surface area contributed by atoms with E-state index in [1.807, 2.05) is 26.1 Å². The molecule has 0 amide bonds. The second-order valence-corrected chi connectivity index (χ2v) is 3.60. The Morgan fingerprint density at radius 1 is 1.06 bits per heavy atom. The minimum absolute atomic E-state index is 0.619. The highest BCUT2D eigenvalue weighted by atomic mass is 16.5. The van der Waals surface area contributed by atoms with Gasteiger partial charge in [-0.05, 0) is 38.6 Å². The molecule has 0 spiro atoms. The van der Waals surface area contributed by atoms with E-state index in [9.17, 15) is 0 Å². The molecule has 0 saturated heterocycles. The topological polar surface area (TPSA) is 39.7 Å². The van der Waals surface area contributed by atoms with E-state index in [0.717, 1.165) is 30.0 Å². The summed E-state index contributed by atoms with van der Waals surface area (Å²) >= 11 is 0. The predicted octanol–water partition coefficient (Wildman–Crippen LogP) is 1.86. The molecule has 0 unspecified atom stereocenters. The highest BCUT2D eigenvalue weighted by Crippen LogP contribution is 2.34. The first kappa shape index (κ1) is 13.6. The molecular formula is C13H21NO3. The molecule has 0 bridgehead atoms. The number of benzene rings is 1. The number of ether oxygens (including phenoxy) is 3. The van der Waals surface area contributed by atoms with Crippen molar-refractivity contribution in [2.45, 2.75) is 13.3 Å².